The zero-order valence-electron chi connectivity index (χ0n) is 14.5. The largest absolute Gasteiger partial charge is 0.460 e. The lowest BCUT2D eigenvalue weighted by Crippen LogP contribution is -2.11. The molecule has 0 bridgehead atoms. The SMILES string of the molecule is CC1(C)C(C=C(Cl)Cl)C1C(=O)OCc1cccc(-c2ccccc2)c1F. The molecule has 136 valence electrons. The van der Waals surface area contributed by atoms with Gasteiger partial charge < -0.3 is 4.74 Å². The summed E-state index contributed by atoms with van der Waals surface area (Å²) in [5, 5.41) is 0. The molecule has 0 spiro atoms. The lowest BCUT2D eigenvalue weighted by Gasteiger charge is -2.10. The summed E-state index contributed by atoms with van der Waals surface area (Å²) >= 11 is 11.4. The smallest absolute Gasteiger partial charge is 0.310 e. The van der Waals surface area contributed by atoms with Crippen molar-refractivity contribution < 1.29 is 13.9 Å². The first-order valence-electron chi connectivity index (χ1n) is 8.34. The quantitative estimate of drug-likeness (QED) is 0.572. The molecule has 2 atom stereocenters. The molecule has 2 unspecified atom stereocenters. The standard InChI is InChI=1S/C21H19Cl2FO2/c1-21(2)16(11-17(22)23)18(21)20(25)26-12-14-9-6-10-15(19(14)24)13-7-4-3-5-8-13/h3-11,16,18H,12H2,1-2H3. The molecule has 0 aliphatic heterocycles. The molecule has 26 heavy (non-hydrogen) atoms. The van der Waals surface area contributed by atoms with Crippen LogP contribution in [0.25, 0.3) is 11.1 Å². The number of hydrogen-bond donors (Lipinski definition) is 0. The summed E-state index contributed by atoms with van der Waals surface area (Å²) < 4.78 is 20.3. The van der Waals surface area contributed by atoms with Crippen molar-refractivity contribution in [3.8, 4) is 11.1 Å². The number of hydrogen-bond acceptors (Lipinski definition) is 2. The van der Waals surface area contributed by atoms with Crippen LogP contribution in [-0.2, 0) is 16.1 Å². The predicted octanol–water partition coefficient (Wildman–Crippen LogP) is 6.13. The Morgan fingerprint density at radius 2 is 1.85 bits per heavy atom. The van der Waals surface area contributed by atoms with Gasteiger partial charge in [0.1, 0.15) is 16.9 Å². The van der Waals surface area contributed by atoms with E-state index in [2.05, 4.69) is 0 Å². The molecule has 0 radical (unpaired) electrons. The van der Waals surface area contributed by atoms with Crippen LogP contribution in [0, 0.1) is 23.1 Å². The topological polar surface area (TPSA) is 26.3 Å². The van der Waals surface area contributed by atoms with Crippen LogP contribution in [0.5, 0.6) is 0 Å². The summed E-state index contributed by atoms with van der Waals surface area (Å²) in [4.78, 5) is 12.4. The molecule has 1 aliphatic carbocycles. The summed E-state index contributed by atoms with van der Waals surface area (Å²) in [5.41, 5.74) is 1.35. The fourth-order valence-corrected chi connectivity index (χ4v) is 3.62. The van der Waals surface area contributed by atoms with Gasteiger partial charge in [0.2, 0.25) is 0 Å². The number of esters is 1. The molecule has 5 heteroatoms. The number of carbonyl (C=O) groups excluding carboxylic acids is 1. The van der Waals surface area contributed by atoms with E-state index in [-0.39, 0.29) is 40.1 Å². The molecule has 1 fully saturated rings. The van der Waals surface area contributed by atoms with E-state index in [0.717, 1.165) is 5.56 Å². The molecule has 0 amide bonds. The van der Waals surface area contributed by atoms with Crippen LogP contribution >= 0.6 is 23.2 Å². The third-order valence-electron chi connectivity index (χ3n) is 5.00. The minimum atomic E-state index is -0.373. The van der Waals surface area contributed by atoms with E-state index in [1.807, 2.05) is 44.2 Å². The molecule has 2 nitrogen and oxygen atoms in total. The van der Waals surface area contributed by atoms with Crippen molar-refractivity contribution in [2.45, 2.75) is 20.5 Å². The van der Waals surface area contributed by atoms with Gasteiger partial charge in [0.15, 0.2) is 0 Å². The van der Waals surface area contributed by atoms with Gasteiger partial charge >= 0.3 is 5.97 Å². The average Bonchev–Trinajstić information content (AvgIpc) is 3.14. The lowest BCUT2D eigenvalue weighted by molar-refractivity contribution is -0.147. The molecule has 2 aromatic rings. The van der Waals surface area contributed by atoms with Crippen molar-refractivity contribution in [3.63, 3.8) is 0 Å². The van der Waals surface area contributed by atoms with Crippen LogP contribution in [0.3, 0.4) is 0 Å². The number of benzene rings is 2. The van der Waals surface area contributed by atoms with Crippen molar-refractivity contribution in [2.75, 3.05) is 0 Å². The highest BCUT2D eigenvalue weighted by atomic mass is 35.5. The minimum absolute atomic E-state index is 0.0690. The van der Waals surface area contributed by atoms with Gasteiger partial charge in [-0.15, -0.1) is 0 Å². The molecule has 0 N–H and O–H groups in total. The van der Waals surface area contributed by atoms with Gasteiger partial charge in [0, 0.05) is 11.1 Å². The second-order valence-corrected chi connectivity index (χ2v) is 8.04. The molecule has 0 saturated heterocycles. The van der Waals surface area contributed by atoms with Crippen molar-refractivity contribution in [3.05, 3.63) is 70.5 Å². The van der Waals surface area contributed by atoms with E-state index < -0.39 is 0 Å². The normalized spacial score (nSPS) is 20.3. The molecular formula is C21H19Cl2FO2. The maximum absolute atomic E-state index is 14.8. The van der Waals surface area contributed by atoms with Crippen molar-refractivity contribution in [1.82, 2.24) is 0 Å². The minimum Gasteiger partial charge on any atom is -0.460 e. The zero-order chi connectivity index (χ0) is 18.9. The lowest BCUT2D eigenvalue weighted by atomic mass is 10.0. The van der Waals surface area contributed by atoms with E-state index in [9.17, 15) is 9.18 Å². The Balaban J connectivity index is 1.71. The Hall–Kier alpha value is -1.84. The number of carbonyl (C=O) groups is 1. The highest BCUT2D eigenvalue weighted by Crippen LogP contribution is 2.60. The summed E-state index contributed by atoms with van der Waals surface area (Å²) in [6, 6.07) is 14.4. The highest BCUT2D eigenvalue weighted by molar-refractivity contribution is 6.55. The Morgan fingerprint density at radius 3 is 2.50 bits per heavy atom. The van der Waals surface area contributed by atoms with Gasteiger partial charge in [0.25, 0.3) is 0 Å². The number of ether oxygens (including phenoxy) is 1. The number of halogens is 3. The molecule has 2 aromatic carbocycles. The summed E-state index contributed by atoms with van der Waals surface area (Å²) in [7, 11) is 0. The summed E-state index contributed by atoms with van der Waals surface area (Å²) in [6.07, 6.45) is 1.66. The third-order valence-corrected chi connectivity index (χ3v) is 5.26. The van der Waals surface area contributed by atoms with E-state index in [1.54, 1.807) is 24.3 Å². The molecule has 1 aliphatic rings. The maximum Gasteiger partial charge on any atom is 0.310 e. The predicted molar refractivity (Wildman–Crippen MR) is 102 cm³/mol. The Bertz CT molecular complexity index is 842. The third kappa shape index (κ3) is 3.79. The van der Waals surface area contributed by atoms with Crippen LogP contribution in [0.15, 0.2) is 59.1 Å². The van der Waals surface area contributed by atoms with Gasteiger partial charge in [-0.25, -0.2) is 4.39 Å². The monoisotopic (exact) mass is 392 g/mol. The van der Waals surface area contributed by atoms with Gasteiger partial charge in [-0.1, -0.05) is 85.6 Å². The molecule has 0 heterocycles. The number of rotatable bonds is 5. The van der Waals surface area contributed by atoms with E-state index in [0.29, 0.717) is 11.1 Å². The molecule has 0 aromatic heterocycles. The van der Waals surface area contributed by atoms with Crippen LogP contribution in [0.1, 0.15) is 19.4 Å². The fourth-order valence-electron chi connectivity index (χ4n) is 3.35. The van der Waals surface area contributed by atoms with Crippen molar-refractivity contribution in [1.29, 1.82) is 0 Å². The van der Waals surface area contributed by atoms with Crippen LogP contribution in [0.4, 0.5) is 4.39 Å². The maximum atomic E-state index is 14.8. The van der Waals surface area contributed by atoms with Gasteiger partial charge in [-0.3, -0.25) is 4.79 Å². The number of allylic oxidation sites excluding steroid dienone is 1. The molecular weight excluding hydrogens is 374 g/mol. The first kappa shape index (κ1) is 18.9. The van der Waals surface area contributed by atoms with Crippen molar-refractivity contribution in [2.24, 2.45) is 17.3 Å². The fraction of sp³-hybridized carbons (Fsp3) is 0.286. The summed E-state index contributed by atoms with van der Waals surface area (Å²) in [5.74, 6) is -1.13. The second kappa shape index (κ2) is 7.42. The average molecular weight is 393 g/mol. The summed E-state index contributed by atoms with van der Waals surface area (Å²) in [6.45, 7) is 3.80. The Labute approximate surface area is 162 Å². The Morgan fingerprint density at radius 1 is 1.15 bits per heavy atom. The Kier molecular flexibility index (Phi) is 5.40. The molecule has 3 rings (SSSR count). The first-order valence-corrected chi connectivity index (χ1v) is 9.10. The zero-order valence-corrected chi connectivity index (χ0v) is 16.0. The van der Waals surface area contributed by atoms with Gasteiger partial charge in [0.05, 0.1) is 5.92 Å². The molecule has 1 saturated carbocycles. The highest BCUT2D eigenvalue weighted by Gasteiger charge is 2.61. The first-order chi connectivity index (χ1) is 12.3. The van der Waals surface area contributed by atoms with E-state index in [1.165, 1.54) is 0 Å². The van der Waals surface area contributed by atoms with Crippen LogP contribution < -0.4 is 0 Å². The van der Waals surface area contributed by atoms with E-state index in [4.69, 9.17) is 27.9 Å². The van der Waals surface area contributed by atoms with Crippen molar-refractivity contribution >= 4 is 29.2 Å². The van der Waals surface area contributed by atoms with E-state index >= 15 is 0 Å². The van der Waals surface area contributed by atoms with Gasteiger partial charge in [-0.05, 0) is 23.0 Å². The van der Waals surface area contributed by atoms with Gasteiger partial charge in [-0.2, -0.15) is 0 Å². The second-order valence-electron chi connectivity index (χ2n) is 7.03. The van der Waals surface area contributed by atoms with Crippen LogP contribution in [-0.4, -0.2) is 5.97 Å². The van der Waals surface area contributed by atoms with Crippen LogP contribution in [0.2, 0.25) is 0 Å².